The third-order valence-electron chi connectivity index (χ3n) is 2.73. The van der Waals surface area contributed by atoms with Crippen LogP contribution in [0.4, 0.5) is 0 Å². The standard InChI is InChI=1S/C14H15NO4S/c1-18-7-6-11-15-12(13(20-11)14(16)17)9-4-3-5-10(8-9)19-2/h3-5,8H,6-7H2,1-2H3,(H,16,17). The number of nitrogens with zero attached hydrogens (tertiary/aromatic N) is 1. The second-order valence-corrected chi connectivity index (χ2v) is 5.15. The molecule has 0 bridgehead atoms. The molecule has 0 radical (unpaired) electrons. The number of aromatic carboxylic acids is 1. The molecule has 1 N–H and O–H groups in total. The molecule has 1 heterocycles. The molecule has 20 heavy (non-hydrogen) atoms. The first-order valence-electron chi connectivity index (χ1n) is 6.02. The van der Waals surface area contributed by atoms with E-state index in [1.807, 2.05) is 18.2 Å². The Balaban J connectivity index is 2.42. The molecule has 1 aromatic carbocycles. The lowest BCUT2D eigenvalue weighted by Crippen LogP contribution is -1.96. The van der Waals surface area contributed by atoms with Crippen molar-refractivity contribution in [2.24, 2.45) is 0 Å². The maximum absolute atomic E-state index is 11.3. The highest BCUT2D eigenvalue weighted by atomic mass is 32.1. The Kier molecular flexibility index (Phi) is 4.70. The Morgan fingerprint density at radius 2 is 2.20 bits per heavy atom. The van der Waals surface area contributed by atoms with Crippen LogP contribution in [-0.2, 0) is 11.2 Å². The number of hydrogen-bond acceptors (Lipinski definition) is 5. The third-order valence-corrected chi connectivity index (χ3v) is 3.83. The van der Waals surface area contributed by atoms with Crippen LogP contribution in [0.15, 0.2) is 24.3 Å². The van der Waals surface area contributed by atoms with E-state index in [2.05, 4.69) is 4.98 Å². The summed E-state index contributed by atoms with van der Waals surface area (Å²) in [7, 11) is 3.18. The second-order valence-electron chi connectivity index (χ2n) is 4.07. The van der Waals surface area contributed by atoms with Crippen molar-refractivity contribution in [1.29, 1.82) is 0 Å². The fraction of sp³-hybridized carbons (Fsp3) is 0.286. The Labute approximate surface area is 120 Å². The zero-order valence-electron chi connectivity index (χ0n) is 11.3. The van der Waals surface area contributed by atoms with Crippen LogP contribution in [0, 0.1) is 0 Å². The molecule has 2 rings (SSSR count). The van der Waals surface area contributed by atoms with Crippen molar-refractivity contribution < 1.29 is 19.4 Å². The molecule has 0 spiro atoms. The molecule has 0 aliphatic heterocycles. The van der Waals surface area contributed by atoms with E-state index in [9.17, 15) is 9.90 Å². The normalized spacial score (nSPS) is 10.5. The molecule has 106 valence electrons. The van der Waals surface area contributed by atoms with Crippen LogP contribution in [0.2, 0.25) is 0 Å². The summed E-state index contributed by atoms with van der Waals surface area (Å²) in [6.45, 7) is 0.518. The van der Waals surface area contributed by atoms with Crippen LogP contribution in [0.5, 0.6) is 5.75 Å². The third kappa shape index (κ3) is 3.15. The van der Waals surface area contributed by atoms with Gasteiger partial charge in [-0.1, -0.05) is 12.1 Å². The molecule has 1 aromatic heterocycles. The van der Waals surface area contributed by atoms with Crippen LogP contribution in [0.3, 0.4) is 0 Å². The number of thiazole rings is 1. The summed E-state index contributed by atoms with van der Waals surface area (Å²) in [6.07, 6.45) is 0.603. The molecule has 6 heteroatoms. The molecule has 0 aliphatic rings. The number of methoxy groups -OCH3 is 2. The lowest BCUT2D eigenvalue weighted by Gasteiger charge is -2.02. The smallest absolute Gasteiger partial charge is 0.348 e. The van der Waals surface area contributed by atoms with Gasteiger partial charge in [-0.25, -0.2) is 9.78 Å². The number of hydrogen-bond donors (Lipinski definition) is 1. The fourth-order valence-electron chi connectivity index (χ4n) is 1.77. The van der Waals surface area contributed by atoms with Gasteiger partial charge < -0.3 is 14.6 Å². The van der Waals surface area contributed by atoms with Gasteiger partial charge in [-0.15, -0.1) is 11.3 Å². The number of ether oxygens (including phenoxy) is 2. The maximum atomic E-state index is 11.3. The minimum absolute atomic E-state index is 0.240. The van der Waals surface area contributed by atoms with E-state index >= 15 is 0 Å². The van der Waals surface area contributed by atoms with Crippen LogP contribution in [0.1, 0.15) is 14.7 Å². The van der Waals surface area contributed by atoms with Crippen molar-refractivity contribution in [3.63, 3.8) is 0 Å². The van der Waals surface area contributed by atoms with E-state index in [-0.39, 0.29) is 4.88 Å². The van der Waals surface area contributed by atoms with Crippen molar-refractivity contribution in [3.05, 3.63) is 34.2 Å². The highest BCUT2D eigenvalue weighted by molar-refractivity contribution is 7.14. The fourth-order valence-corrected chi connectivity index (χ4v) is 2.68. The van der Waals surface area contributed by atoms with Crippen LogP contribution < -0.4 is 4.74 Å². The van der Waals surface area contributed by atoms with Gasteiger partial charge in [0.25, 0.3) is 0 Å². The van der Waals surface area contributed by atoms with Crippen molar-refractivity contribution >= 4 is 17.3 Å². The second kappa shape index (κ2) is 6.49. The largest absolute Gasteiger partial charge is 0.497 e. The molecule has 0 aliphatic carbocycles. The van der Waals surface area contributed by atoms with E-state index in [4.69, 9.17) is 9.47 Å². The minimum atomic E-state index is -0.969. The highest BCUT2D eigenvalue weighted by Gasteiger charge is 2.19. The lowest BCUT2D eigenvalue weighted by molar-refractivity contribution is 0.0702. The van der Waals surface area contributed by atoms with Gasteiger partial charge in [0.1, 0.15) is 10.6 Å². The van der Waals surface area contributed by atoms with Crippen molar-refractivity contribution in [2.75, 3.05) is 20.8 Å². The van der Waals surface area contributed by atoms with Crippen LogP contribution >= 0.6 is 11.3 Å². The summed E-state index contributed by atoms with van der Waals surface area (Å²) in [6, 6.07) is 7.22. The molecule has 0 amide bonds. The number of benzene rings is 1. The summed E-state index contributed by atoms with van der Waals surface area (Å²) in [5.41, 5.74) is 1.22. The maximum Gasteiger partial charge on any atom is 0.348 e. The summed E-state index contributed by atoms with van der Waals surface area (Å²) in [5.74, 6) is -0.297. The Bertz CT molecular complexity index is 609. The van der Waals surface area contributed by atoms with E-state index in [0.29, 0.717) is 24.5 Å². The van der Waals surface area contributed by atoms with Crippen molar-refractivity contribution in [2.45, 2.75) is 6.42 Å². The molecule has 2 aromatic rings. The highest BCUT2D eigenvalue weighted by Crippen LogP contribution is 2.30. The molecule has 0 saturated carbocycles. The SMILES string of the molecule is COCCc1nc(-c2cccc(OC)c2)c(C(=O)O)s1. The predicted molar refractivity (Wildman–Crippen MR) is 76.6 cm³/mol. The molecular weight excluding hydrogens is 278 g/mol. The van der Waals surface area contributed by atoms with Crippen molar-refractivity contribution in [1.82, 2.24) is 4.98 Å². The minimum Gasteiger partial charge on any atom is -0.497 e. The van der Waals surface area contributed by atoms with E-state index < -0.39 is 5.97 Å². The number of rotatable bonds is 6. The molecule has 0 unspecified atom stereocenters. The Hall–Kier alpha value is -1.92. The molecule has 0 saturated heterocycles. The van der Waals surface area contributed by atoms with Gasteiger partial charge >= 0.3 is 5.97 Å². The van der Waals surface area contributed by atoms with Gasteiger partial charge in [0.15, 0.2) is 0 Å². The summed E-state index contributed by atoms with van der Waals surface area (Å²) in [4.78, 5) is 16.0. The summed E-state index contributed by atoms with van der Waals surface area (Å²) < 4.78 is 10.2. The van der Waals surface area contributed by atoms with E-state index in [1.165, 1.54) is 11.3 Å². The number of carboxylic acid groups (broad SMARTS) is 1. The van der Waals surface area contributed by atoms with E-state index in [1.54, 1.807) is 20.3 Å². The summed E-state index contributed by atoms with van der Waals surface area (Å²) >= 11 is 1.18. The monoisotopic (exact) mass is 293 g/mol. The number of carbonyl (C=O) groups is 1. The first-order valence-corrected chi connectivity index (χ1v) is 6.83. The van der Waals surface area contributed by atoms with Gasteiger partial charge in [0.2, 0.25) is 0 Å². The quantitative estimate of drug-likeness (QED) is 0.887. The van der Waals surface area contributed by atoms with Crippen molar-refractivity contribution in [3.8, 4) is 17.0 Å². The van der Waals surface area contributed by atoms with Crippen LogP contribution in [0.25, 0.3) is 11.3 Å². The zero-order chi connectivity index (χ0) is 14.5. The predicted octanol–water partition coefficient (Wildman–Crippen LogP) is 2.71. The molecular formula is C14H15NO4S. The number of carboxylic acids is 1. The number of aromatic nitrogens is 1. The summed E-state index contributed by atoms with van der Waals surface area (Å²) in [5, 5.41) is 10.1. The van der Waals surface area contributed by atoms with E-state index in [0.717, 1.165) is 10.6 Å². The molecule has 5 nitrogen and oxygen atoms in total. The lowest BCUT2D eigenvalue weighted by atomic mass is 10.1. The van der Waals surface area contributed by atoms with Gasteiger partial charge in [0, 0.05) is 19.1 Å². The molecule has 0 atom stereocenters. The van der Waals surface area contributed by atoms with Gasteiger partial charge in [0.05, 0.1) is 24.4 Å². The average molecular weight is 293 g/mol. The van der Waals surface area contributed by atoms with Crippen LogP contribution in [-0.4, -0.2) is 36.9 Å². The zero-order valence-corrected chi connectivity index (χ0v) is 12.1. The first-order chi connectivity index (χ1) is 9.65. The topological polar surface area (TPSA) is 68.7 Å². The Morgan fingerprint density at radius 3 is 2.85 bits per heavy atom. The van der Waals surface area contributed by atoms with Gasteiger partial charge in [-0.05, 0) is 12.1 Å². The van der Waals surface area contributed by atoms with Gasteiger partial charge in [-0.3, -0.25) is 0 Å². The molecule has 0 fully saturated rings. The Morgan fingerprint density at radius 1 is 1.40 bits per heavy atom. The average Bonchev–Trinajstić information content (AvgIpc) is 2.89. The first kappa shape index (κ1) is 14.5. The van der Waals surface area contributed by atoms with Gasteiger partial charge in [-0.2, -0.15) is 0 Å².